The molecule has 27 heavy (non-hydrogen) atoms. The van der Waals surface area contributed by atoms with Gasteiger partial charge in [0.05, 0.1) is 6.54 Å². The first-order chi connectivity index (χ1) is 13.0. The van der Waals surface area contributed by atoms with E-state index in [2.05, 4.69) is 36.2 Å². The molecule has 2 fully saturated rings. The summed E-state index contributed by atoms with van der Waals surface area (Å²) >= 11 is 0. The molecule has 2 aliphatic rings. The number of carbonyl (C=O) groups is 2. The summed E-state index contributed by atoms with van der Waals surface area (Å²) in [5.74, 6) is 1.08. The van der Waals surface area contributed by atoms with E-state index in [1.807, 2.05) is 17.0 Å². The average molecular weight is 372 g/mol. The number of rotatable bonds is 5. The monoisotopic (exact) mass is 371 g/mol. The van der Waals surface area contributed by atoms with E-state index in [1.165, 1.54) is 24.8 Å². The zero-order chi connectivity index (χ0) is 19.2. The van der Waals surface area contributed by atoms with Crippen molar-refractivity contribution in [2.24, 2.45) is 5.92 Å². The van der Waals surface area contributed by atoms with E-state index in [4.69, 9.17) is 0 Å². The Balaban J connectivity index is 1.41. The molecular formula is C22H33N3O2. The van der Waals surface area contributed by atoms with Gasteiger partial charge in [0.1, 0.15) is 0 Å². The highest BCUT2D eigenvalue weighted by molar-refractivity contribution is 5.92. The van der Waals surface area contributed by atoms with Crippen LogP contribution in [-0.4, -0.2) is 54.3 Å². The lowest BCUT2D eigenvalue weighted by Crippen LogP contribution is -2.52. The van der Waals surface area contributed by atoms with Crippen LogP contribution in [0.25, 0.3) is 0 Å². The smallest absolute Gasteiger partial charge is 0.238 e. The Morgan fingerprint density at radius 2 is 1.63 bits per heavy atom. The van der Waals surface area contributed by atoms with Crippen LogP contribution in [0.3, 0.4) is 0 Å². The molecule has 3 rings (SSSR count). The maximum absolute atomic E-state index is 12.6. The minimum Gasteiger partial charge on any atom is -0.340 e. The Kier molecular flexibility index (Phi) is 6.89. The van der Waals surface area contributed by atoms with Gasteiger partial charge in [-0.25, -0.2) is 0 Å². The summed E-state index contributed by atoms with van der Waals surface area (Å²) in [6, 6.07) is 8.06. The van der Waals surface area contributed by atoms with Gasteiger partial charge in [0.25, 0.3) is 0 Å². The molecule has 1 aromatic carbocycles. The third kappa shape index (κ3) is 5.55. The van der Waals surface area contributed by atoms with Crippen molar-refractivity contribution >= 4 is 17.5 Å². The van der Waals surface area contributed by atoms with Gasteiger partial charge in [-0.2, -0.15) is 0 Å². The molecule has 1 aliphatic carbocycles. The van der Waals surface area contributed by atoms with E-state index in [0.29, 0.717) is 18.4 Å². The highest BCUT2D eigenvalue weighted by atomic mass is 16.2. The largest absolute Gasteiger partial charge is 0.340 e. The molecule has 1 saturated heterocycles. The molecule has 1 aromatic rings. The Hall–Kier alpha value is -1.88. The van der Waals surface area contributed by atoms with Gasteiger partial charge in [-0.3, -0.25) is 14.5 Å². The molecule has 148 valence electrons. The minimum absolute atomic E-state index is 0.0133. The highest BCUT2D eigenvalue weighted by Gasteiger charge is 2.28. The van der Waals surface area contributed by atoms with E-state index < -0.39 is 0 Å². The van der Waals surface area contributed by atoms with Crippen molar-refractivity contribution in [3.63, 3.8) is 0 Å². The predicted molar refractivity (Wildman–Crippen MR) is 109 cm³/mol. The van der Waals surface area contributed by atoms with Gasteiger partial charge in [0, 0.05) is 37.8 Å². The standard InChI is InChI=1S/C22H33N3O2/c1-17(2)18-8-10-20(11-9-18)23-21(26)16-24-12-14-25(15-13-24)22(27)19-6-4-3-5-7-19/h8-11,17,19H,3-7,12-16H2,1-2H3,(H,23,26). The van der Waals surface area contributed by atoms with Crippen molar-refractivity contribution in [3.05, 3.63) is 29.8 Å². The number of hydrogen-bond acceptors (Lipinski definition) is 3. The fraction of sp³-hybridized carbons (Fsp3) is 0.636. The lowest BCUT2D eigenvalue weighted by atomic mass is 9.88. The van der Waals surface area contributed by atoms with Gasteiger partial charge in [-0.1, -0.05) is 45.2 Å². The van der Waals surface area contributed by atoms with Gasteiger partial charge < -0.3 is 10.2 Å². The maximum atomic E-state index is 12.6. The summed E-state index contributed by atoms with van der Waals surface area (Å²) in [5.41, 5.74) is 2.11. The number of hydrogen-bond donors (Lipinski definition) is 1. The zero-order valence-electron chi connectivity index (χ0n) is 16.7. The second-order valence-corrected chi connectivity index (χ2v) is 8.26. The summed E-state index contributed by atoms with van der Waals surface area (Å²) in [6.45, 7) is 7.74. The molecule has 5 heteroatoms. The lowest BCUT2D eigenvalue weighted by Gasteiger charge is -2.36. The molecule has 0 spiro atoms. The van der Waals surface area contributed by atoms with Crippen LogP contribution >= 0.6 is 0 Å². The van der Waals surface area contributed by atoms with Gasteiger partial charge in [0.15, 0.2) is 0 Å². The highest BCUT2D eigenvalue weighted by Crippen LogP contribution is 2.25. The van der Waals surface area contributed by atoms with Gasteiger partial charge >= 0.3 is 0 Å². The number of amides is 2. The topological polar surface area (TPSA) is 52.7 Å². The molecule has 0 radical (unpaired) electrons. The summed E-state index contributed by atoms with van der Waals surface area (Å²) < 4.78 is 0. The minimum atomic E-state index is 0.0133. The van der Waals surface area contributed by atoms with Crippen molar-refractivity contribution in [3.8, 4) is 0 Å². The summed E-state index contributed by atoms with van der Waals surface area (Å²) in [5, 5.41) is 2.98. The molecule has 1 heterocycles. The molecule has 0 aromatic heterocycles. The van der Waals surface area contributed by atoms with Crippen LogP contribution in [0.5, 0.6) is 0 Å². The van der Waals surface area contributed by atoms with Crippen LogP contribution in [0.1, 0.15) is 57.4 Å². The van der Waals surface area contributed by atoms with E-state index in [0.717, 1.165) is 44.7 Å². The van der Waals surface area contributed by atoms with Crippen LogP contribution in [-0.2, 0) is 9.59 Å². The van der Waals surface area contributed by atoms with E-state index >= 15 is 0 Å². The first kappa shape index (κ1) is 19.9. The number of carbonyl (C=O) groups excluding carboxylic acids is 2. The SMILES string of the molecule is CC(C)c1ccc(NC(=O)CN2CCN(C(=O)C3CCCCC3)CC2)cc1. The van der Waals surface area contributed by atoms with Crippen LogP contribution in [0.2, 0.25) is 0 Å². The molecule has 1 N–H and O–H groups in total. The third-order valence-electron chi connectivity index (χ3n) is 5.87. The fourth-order valence-electron chi connectivity index (χ4n) is 4.09. The van der Waals surface area contributed by atoms with Crippen molar-refractivity contribution < 1.29 is 9.59 Å². The van der Waals surface area contributed by atoms with Crippen LogP contribution in [0.4, 0.5) is 5.69 Å². The summed E-state index contributed by atoms with van der Waals surface area (Å²) in [7, 11) is 0. The molecule has 5 nitrogen and oxygen atoms in total. The van der Waals surface area contributed by atoms with Gasteiger partial charge in [-0.15, -0.1) is 0 Å². The Morgan fingerprint density at radius 1 is 1.00 bits per heavy atom. The second kappa shape index (κ2) is 9.36. The Bertz CT molecular complexity index is 627. The summed E-state index contributed by atoms with van der Waals surface area (Å²) in [4.78, 5) is 29.1. The fourth-order valence-corrected chi connectivity index (χ4v) is 4.09. The predicted octanol–water partition coefficient (Wildman–Crippen LogP) is 3.47. The number of benzene rings is 1. The van der Waals surface area contributed by atoms with Crippen molar-refractivity contribution in [2.45, 2.75) is 51.9 Å². The molecule has 0 atom stereocenters. The molecule has 1 saturated carbocycles. The number of anilines is 1. The van der Waals surface area contributed by atoms with Gasteiger partial charge in [-0.05, 0) is 36.5 Å². The van der Waals surface area contributed by atoms with Gasteiger partial charge in [0.2, 0.25) is 11.8 Å². The molecule has 0 bridgehead atoms. The first-order valence-corrected chi connectivity index (χ1v) is 10.4. The lowest BCUT2D eigenvalue weighted by molar-refractivity contribution is -0.138. The third-order valence-corrected chi connectivity index (χ3v) is 5.87. The Morgan fingerprint density at radius 3 is 2.22 bits per heavy atom. The summed E-state index contributed by atoms with van der Waals surface area (Å²) in [6.07, 6.45) is 5.75. The maximum Gasteiger partial charge on any atom is 0.238 e. The van der Waals surface area contributed by atoms with Crippen LogP contribution in [0.15, 0.2) is 24.3 Å². The van der Waals surface area contributed by atoms with Crippen LogP contribution in [0, 0.1) is 5.92 Å². The molecule has 0 unspecified atom stereocenters. The second-order valence-electron chi connectivity index (χ2n) is 8.26. The quantitative estimate of drug-likeness (QED) is 0.862. The number of piperazine rings is 1. The van der Waals surface area contributed by atoms with Crippen molar-refractivity contribution in [2.75, 3.05) is 38.0 Å². The zero-order valence-corrected chi connectivity index (χ0v) is 16.7. The number of nitrogens with one attached hydrogen (secondary N) is 1. The average Bonchev–Trinajstić information content (AvgIpc) is 2.69. The Labute approximate surface area is 163 Å². The molecule has 2 amide bonds. The van der Waals surface area contributed by atoms with Crippen molar-refractivity contribution in [1.29, 1.82) is 0 Å². The molecule has 1 aliphatic heterocycles. The van der Waals surface area contributed by atoms with Crippen molar-refractivity contribution in [1.82, 2.24) is 9.80 Å². The van der Waals surface area contributed by atoms with E-state index in [1.54, 1.807) is 0 Å². The van der Waals surface area contributed by atoms with E-state index in [9.17, 15) is 9.59 Å². The first-order valence-electron chi connectivity index (χ1n) is 10.4. The van der Waals surface area contributed by atoms with Crippen LogP contribution < -0.4 is 5.32 Å². The van der Waals surface area contributed by atoms with E-state index in [-0.39, 0.29) is 11.8 Å². The number of nitrogens with zero attached hydrogens (tertiary/aromatic N) is 2. The normalized spacial score (nSPS) is 19.3. The molecular weight excluding hydrogens is 338 g/mol.